The van der Waals surface area contributed by atoms with Crippen molar-refractivity contribution in [2.75, 3.05) is 20.3 Å². The Hall–Kier alpha value is -1.06. The van der Waals surface area contributed by atoms with Crippen molar-refractivity contribution in [2.24, 2.45) is 11.1 Å². The smallest absolute Gasteiger partial charge is 0.118 e. The maximum atomic E-state index is 5.86. The summed E-state index contributed by atoms with van der Waals surface area (Å²) >= 11 is 0. The normalized spacial score (nSPS) is 13.4. The van der Waals surface area contributed by atoms with E-state index in [9.17, 15) is 0 Å². The SMILES string of the molecule is COc1ccc(C(CN)OCCC(C)(C)C)cc1. The van der Waals surface area contributed by atoms with Crippen LogP contribution in [-0.2, 0) is 4.74 Å². The Morgan fingerprint density at radius 3 is 2.22 bits per heavy atom. The van der Waals surface area contributed by atoms with E-state index in [1.165, 1.54) is 0 Å². The molecule has 0 amide bonds. The maximum Gasteiger partial charge on any atom is 0.118 e. The Morgan fingerprint density at radius 2 is 1.78 bits per heavy atom. The van der Waals surface area contributed by atoms with E-state index >= 15 is 0 Å². The van der Waals surface area contributed by atoms with Crippen LogP contribution in [0.4, 0.5) is 0 Å². The molecule has 0 saturated carbocycles. The molecule has 0 spiro atoms. The van der Waals surface area contributed by atoms with E-state index in [0.29, 0.717) is 12.0 Å². The molecule has 1 atom stereocenters. The van der Waals surface area contributed by atoms with E-state index in [1.54, 1.807) is 7.11 Å². The van der Waals surface area contributed by atoms with Gasteiger partial charge in [0, 0.05) is 13.2 Å². The second kappa shape index (κ2) is 6.76. The van der Waals surface area contributed by atoms with Crippen molar-refractivity contribution in [1.82, 2.24) is 0 Å². The molecule has 0 aliphatic heterocycles. The van der Waals surface area contributed by atoms with Gasteiger partial charge in [0.05, 0.1) is 13.2 Å². The molecule has 0 heterocycles. The Kier molecular flexibility index (Phi) is 5.63. The van der Waals surface area contributed by atoms with Gasteiger partial charge in [0.1, 0.15) is 5.75 Å². The van der Waals surface area contributed by atoms with Crippen molar-refractivity contribution in [2.45, 2.75) is 33.3 Å². The molecule has 0 saturated heterocycles. The third-order valence-corrected chi connectivity index (χ3v) is 2.87. The highest BCUT2D eigenvalue weighted by atomic mass is 16.5. The molecule has 0 aromatic heterocycles. The molecule has 1 aromatic carbocycles. The highest BCUT2D eigenvalue weighted by molar-refractivity contribution is 5.28. The predicted molar refractivity (Wildman–Crippen MR) is 74.8 cm³/mol. The maximum absolute atomic E-state index is 5.86. The van der Waals surface area contributed by atoms with Gasteiger partial charge in [-0.1, -0.05) is 32.9 Å². The molecule has 1 rings (SSSR count). The van der Waals surface area contributed by atoms with E-state index in [4.69, 9.17) is 15.2 Å². The minimum absolute atomic E-state index is 0.0294. The number of hydrogen-bond donors (Lipinski definition) is 1. The fourth-order valence-electron chi connectivity index (χ4n) is 1.63. The summed E-state index contributed by atoms with van der Waals surface area (Å²) in [5.74, 6) is 0.851. The Morgan fingerprint density at radius 1 is 1.17 bits per heavy atom. The first-order valence-corrected chi connectivity index (χ1v) is 6.42. The summed E-state index contributed by atoms with van der Waals surface area (Å²) in [6.45, 7) is 7.86. The number of ether oxygens (including phenoxy) is 2. The van der Waals surface area contributed by atoms with Crippen LogP contribution >= 0.6 is 0 Å². The van der Waals surface area contributed by atoms with Crippen LogP contribution < -0.4 is 10.5 Å². The zero-order valence-electron chi connectivity index (χ0n) is 11.9. The summed E-state index contributed by atoms with van der Waals surface area (Å²) in [5.41, 5.74) is 7.16. The van der Waals surface area contributed by atoms with Crippen molar-refractivity contribution < 1.29 is 9.47 Å². The van der Waals surface area contributed by atoms with E-state index in [1.807, 2.05) is 24.3 Å². The molecule has 3 nitrogen and oxygen atoms in total. The van der Waals surface area contributed by atoms with E-state index < -0.39 is 0 Å². The van der Waals surface area contributed by atoms with Crippen LogP contribution in [0.1, 0.15) is 38.9 Å². The van der Waals surface area contributed by atoms with Gasteiger partial charge in [0.15, 0.2) is 0 Å². The Labute approximate surface area is 110 Å². The highest BCUT2D eigenvalue weighted by Gasteiger charge is 2.14. The average molecular weight is 251 g/mol. The van der Waals surface area contributed by atoms with Crippen molar-refractivity contribution in [1.29, 1.82) is 0 Å². The minimum Gasteiger partial charge on any atom is -0.497 e. The van der Waals surface area contributed by atoms with Gasteiger partial charge in [-0.2, -0.15) is 0 Å². The Bertz CT molecular complexity index is 341. The summed E-state index contributed by atoms with van der Waals surface area (Å²) in [5, 5.41) is 0. The molecule has 0 bridgehead atoms. The fraction of sp³-hybridized carbons (Fsp3) is 0.600. The molecule has 2 N–H and O–H groups in total. The van der Waals surface area contributed by atoms with Crippen molar-refractivity contribution in [3.63, 3.8) is 0 Å². The van der Waals surface area contributed by atoms with Crippen LogP contribution in [0.3, 0.4) is 0 Å². The van der Waals surface area contributed by atoms with E-state index in [2.05, 4.69) is 20.8 Å². The number of hydrogen-bond acceptors (Lipinski definition) is 3. The second-order valence-electron chi connectivity index (χ2n) is 5.68. The first kappa shape index (κ1) is 15.0. The lowest BCUT2D eigenvalue weighted by Gasteiger charge is -2.21. The van der Waals surface area contributed by atoms with Gasteiger partial charge in [-0.25, -0.2) is 0 Å². The molecular formula is C15H25NO2. The monoisotopic (exact) mass is 251 g/mol. The lowest BCUT2D eigenvalue weighted by molar-refractivity contribution is 0.0422. The van der Waals surface area contributed by atoms with Crippen molar-refractivity contribution in [3.8, 4) is 5.75 Å². The summed E-state index contributed by atoms with van der Waals surface area (Å²) in [6.07, 6.45) is 0.998. The molecule has 3 heteroatoms. The summed E-state index contributed by atoms with van der Waals surface area (Å²) < 4.78 is 11.0. The quantitative estimate of drug-likeness (QED) is 0.844. The van der Waals surface area contributed by atoms with Crippen LogP contribution in [0, 0.1) is 5.41 Å². The van der Waals surface area contributed by atoms with E-state index in [0.717, 1.165) is 24.3 Å². The molecule has 18 heavy (non-hydrogen) atoms. The molecule has 0 aliphatic carbocycles. The van der Waals surface area contributed by atoms with Crippen molar-refractivity contribution >= 4 is 0 Å². The number of methoxy groups -OCH3 is 1. The van der Waals surface area contributed by atoms with Crippen LogP contribution in [0.25, 0.3) is 0 Å². The first-order chi connectivity index (χ1) is 8.46. The number of rotatable bonds is 6. The third-order valence-electron chi connectivity index (χ3n) is 2.87. The van der Waals surface area contributed by atoms with Crippen LogP contribution in [0.15, 0.2) is 24.3 Å². The largest absolute Gasteiger partial charge is 0.497 e. The molecule has 1 aromatic rings. The first-order valence-electron chi connectivity index (χ1n) is 6.42. The van der Waals surface area contributed by atoms with Gasteiger partial charge in [0.2, 0.25) is 0 Å². The fourth-order valence-corrected chi connectivity index (χ4v) is 1.63. The second-order valence-corrected chi connectivity index (χ2v) is 5.68. The zero-order valence-corrected chi connectivity index (χ0v) is 11.9. The van der Waals surface area contributed by atoms with Crippen LogP contribution in [0.2, 0.25) is 0 Å². The van der Waals surface area contributed by atoms with Gasteiger partial charge < -0.3 is 15.2 Å². The van der Waals surface area contributed by atoms with Gasteiger partial charge >= 0.3 is 0 Å². The summed E-state index contributed by atoms with van der Waals surface area (Å²) in [4.78, 5) is 0. The average Bonchev–Trinajstić information content (AvgIpc) is 2.34. The minimum atomic E-state index is -0.0294. The summed E-state index contributed by atoms with van der Waals surface area (Å²) in [6, 6.07) is 7.89. The zero-order chi connectivity index (χ0) is 13.6. The molecule has 0 radical (unpaired) electrons. The van der Waals surface area contributed by atoms with Crippen molar-refractivity contribution in [3.05, 3.63) is 29.8 Å². The number of nitrogens with two attached hydrogens (primary N) is 1. The standard InChI is InChI=1S/C15H25NO2/c1-15(2,3)9-10-18-14(11-16)12-5-7-13(17-4)8-6-12/h5-8,14H,9-11,16H2,1-4H3. The highest BCUT2D eigenvalue weighted by Crippen LogP contribution is 2.23. The molecule has 102 valence electrons. The van der Waals surface area contributed by atoms with Gasteiger partial charge in [-0.05, 0) is 29.5 Å². The van der Waals surface area contributed by atoms with Gasteiger partial charge in [-0.15, -0.1) is 0 Å². The lowest BCUT2D eigenvalue weighted by atomic mass is 9.93. The topological polar surface area (TPSA) is 44.5 Å². The lowest BCUT2D eigenvalue weighted by Crippen LogP contribution is -2.18. The van der Waals surface area contributed by atoms with Crippen LogP contribution in [-0.4, -0.2) is 20.3 Å². The molecule has 0 aliphatic rings. The van der Waals surface area contributed by atoms with Crippen LogP contribution in [0.5, 0.6) is 5.75 Å². The summed E-state index contributed by atoms with van der Waals surface area (Å²) in [7, 11) is 1.66. The molecule has 1 unspecified atom stereocenters. The van der Waals surface area contributed by atoms with E-state index in [-0.39, 0.29) is 6.10 Å². The number of benzene rings is 1. The Balaban J connectivity index is 2.54. The molecular weight excluding hydrogens is 226 g/mol. The van der Waals surface area contributed by atoms with Gasteiger partial charge in [0.25, 0.3) is 0 Å². The molecule has 0 fully saturated rings. The third kappa shape index (κ3) is 5.07. The van der Waals surface area contributed by atoms with Gasteiger partial charge in [-0.3, -0.25) is 0 Å². The predicted octanol–water partition coefficient (Wildman–Crippen LogP) is 3.15.